The first kappa shape index (κ1) is 12.4. The Labute approximate surface area is 103 Å². The monoisotopic (exact) mass is 251 g/mol. The zero-order valence-corrected chi connectivity index (χ0v) is 9.50. The number of carboxylic acid groups (broad SMARTS) is 1. The van der Waals surface area contributed by atoms with Crippen LogP contribution in [0.2, 0.25) is 0 Å². The molecule has 1 saturated heterocycles. The summed E-state index contributed by atoms with van der Waals surface area (Å²) in [6.07, 6.45) is -0.326. The number of phenols is 1. The molecule has 0 aliphatic carbocycles. The molecule has 0 saturated carbocycles. The third-order valence-corrected chi connectivity index (χ3v) is 2.73. The number of hydrogen-bond donors (Lipinski definition) is 3. The van der Waals surface area contributed by atoms with Gasteiger partial charge in [-0.15, -0.1) is 0 Å². The first-order valence-electron chi connectivity index (χ1n) is 5.48. The van der Waals surface area contributed by atoms with E-state index in [9.17, 15) is 14.7 Å². The summed E-state index contributed by atoms with van der Waals surface area (Å²) in [6.45, 7) is -0.146. The van der Waals surface area contributed by atoms with Crippen LogP contribution in [-0.2, 0) is 20.7 Å². The van der Waals surface area contributed by atoms with Gasteiger partial charge in [0.1, 0.15) is 12.4 Å². The van der Waals surface area contributed by atoms with Gasteiger partial charge in [0, 0.05) is 6.42 Å². The number of ether oxygens (including phenoxy) is 1. The predicted molar refractivity (Wildman–Crippen MR) is 61.1 cm³/mol. The average molecular weight is 251 g/mol. The molecule has 6 nitrogen and oxygen atoms in total. The minimum Gasteiger partial charge on any atom is -0.508 e. The van der Waals surface area contributed by atoms with Crippen LogP contribution in [0.25, 0.3) is 0 Å². The molecule has 96 valence electrons. The molecule has 2 rings (SSSR count). The predicted octanol–water partition coefficient (Wildman–Crippen LogP) is -0.0971. The summed E-state index contributed by atoms with van der Waals surface area (Å²) in [5.41, 5.74) is 0.752. The second-order valence-corrected chi connectivity index (χ2v) is 4.11. The van der Waals surface area contributed by atoms with E-state index in [0.29, 0.717) is 6.42 Å². The maximum atomic E-state index is 11.1. The van der Waals surface area contributed by atoms with Crippen LogP contribution < -0.4 is 5.32 Å². The summed E-state index contributed by atoms with van der Waals surface area (Å²) < 4.78 is 5.23. The molecule has 1 aliphatic rings. The van der Waals surface area contributed by atoms with E-state index < -0.39 is 24.0 Å². The van der Waals surface area contributed by atoms with Gasteiger partial charge in [0.25, 0.3) is 0 Å². The summed E-state index contributed by atoms with van der Waals surface area (Å²) in [5, 5.41) is 20.7. The number of phenolic OH excluding ortho intramolecular Hbond substituents is 1. The zero-order valence-electron chi connectivity index (χ0n) is 9.50. The second-order valence-electron chi connectivity index (χ2n) is 4.11. The maximum Gasteiger partial charge on any atom is 0.328 e. The number of carbonyl (C=O) groups excluding carboxylic acids is 1. The first-order valence-corrected chi connectivity index (χ1v) is 5.48. The molecule has 0 spiro atoms. The lowest BCUT2D eigenvalue weighted by atomic mass is 10.0. The van der Waals surface area contributed by atoms with Crippen molar-refractivity contribution < 1.29 is 24.5 Å². The molecular weight excluding hydrogens is 238 g/mol. The molecule has 18 heavy (non-hydrogen) atoms. The van der Waals surface area contributed by atoms with Crippen molar-refractivity contribution in [2.24, 2.45) is 0 Å². The molecular formula is C12H13NO5. The van der Waals surface area contributed by atoms with Gasteiger partial charge in [0.05, 0.1) is 6.10 Å². The van der Waals surface area contributed by atoms with E-state index >= 15 is 0 Å². The number of amides is 1. The van der Waals surface area contributed by atoms with Gasteiger partial charge in [0.2, 0.25) is 5.91 Å². The number of morpholine rings is 1. The minimum absolute atomic E-state index is 0.110. The number of aromatic hydroxyl groups is 1. The van der Waals surface area contributed by atoms with Gasteiger partial charge in [0.15, 0.2) is 6.04 Å². The van der Waals surface area contributed by atoms with Crippen LogP contribution in [0, 0.1) is 0 Å². The summed E-state index contributed by atoms with van der Waals surface area (Å²) in [4.78, 5) is 22.1. The largest absolute Gasteiger partial charge is 0.508 e. The van der Waals surface area contributed by atoms with Crippen LogP contribution in [0.1, 0.15) is 5.56 Å². The molecule has 3 N–H and O–H groups in total. The lowest BCUT2D eigenvalue weighted by Crippen LogP contribution is -2.56. The third kappa shape index (κ3) is 2.78. The van der Waals surface area contributed by atoms with Crippen molar-refractivity contribution in [2.45, 2.75) is 18.6 Å². The normalized spacial score (nSPS) is 23.4. The molecule has 1 aromatic carbocycles. The lowest BCUT2D eigenvalue weighted by Gasteiger charge is -2.29. The van der Waals surface area contributed by atoms with E-state index in [2.05, 4.69) is 5.32 Å². The van der Waals surface area contributed by atoms with Crippen molar-refractivity contribution in [3.63, 3.8) is 0 Å². The van der Waals surface area contributed by atoms with Crippen LogP contribution in [-0.4, -0.2) is 40.8 Å². The van der Waals surface area contributed by atoms with Crippen LogP contribution >= 0.6 is 0 Å². The number of carbonyl (C=O) groups is 2. The lowest BCUT2D eigenvalue weighted by molar-refractivity contribution is -0.154. The SMILES string of the molecule is O=C1COC(Cc2cccc(O)c2)C(C(=O)O)N1. The topological polar surface area (TPSA) is 95.9 Å². The maximum absolute atomic E-state index is 11.1. The number of benzene rings is 1. The molecule has 0 radical (unpaired) electrons. The number of rotatable bonds is 3. The molecule has 0 aromatic heterocycles. The molecule has 1 fully saturated rings. The van der Waals surface area contributed by atoms with Gasteiger partial charge >= 0.3 is 5.97 Å². The fourth-order valence-corrected chi connectivity index (χ4v) is 1.90. The molecule has 1 aliphatic heterocycles. The van der Waals surface area contributed by atoms with Gasteiger partial charge in [-0.05, 0) is 17.7 Å². The van der Waals surface area contributed by atoms with Gasteiger partial charge < -0.3 is 20.3 Å². The van der Waals surface area contributed by atoms with Crippen LogP contribution in [0.3, 0.4) is 0 Å². The molecule has 1 heterocycles. The van der Waals surface area contributed by atoms with E-state index in [-0.39, 0.29) is 12.4 Å². The van der Waals surface area contributed by atoms with E-state index in [0.717, 1.165) is 5.56 Å². The number of carboxylic acids is 1. The first-order chi connectivity index (χ1) is 8.56. The highest BCUT2D eigenvalue weighted by molar-refractivity contribution is 5.85. The summed E-state index contributed by atoms with van der Waals surface area (Å²) in [6, 6.07) is 5.44. The van der Waals surface area contributed by atoms with Gasteiger partial charge in [-0.25, -0.2) is 4.79 Å². The summed E-state index contributed by atoms with van der Waals surface area (Å²) in [7, 11) is 0. The van der Waals surface area contributed by atoms with Crippen molar-refractivity contribution in [1.82, 2.24) is 5.32 Å². The Kier molecular flexibility index (Phi) is 3.47. The smallest absolute Gasteiger partial charge is 0.328 e. The highest BCUT2D eigenvalue weighted by Gasteiger charge is 2.34. The number of hydrogen-bond acceptors (Lipinski definition) is 4. The molecule has 1 aromatic rings. The van der Waals surface area contributed by atoms with E-state index in [1.807, 2.05) is 0 Å². The highest BCUT2D eigenvalue weighted by Crippen LogP contribution is 2.17. The molecule has 2 unspecified atom stereocenters. The Bertz CT molecular complexity index is 473. The van der Waals surface area contributed by atoms with Crippen LogP contribution in [0.5, 0.6) is 5.75 Å². The Morgan fingerprint density at radius 3 is 2.94 bits per heavy atom. The van der Waals surface area contributed by atoms with Crippen molar-refractivity contribution in [3.05, 3.63) is 29.8 Å². The number of nitrogens with one attached hydrogen (secondary N) is 1. The zero-order chi connectivity index (χ0) is 13.1. The van der Waals surface area contributed by atoms with E-state index in [4.69, 9.17) is 9.84 Å². The van der Waals surface area contributed by atoms with Crippen LogP contribution in [0.15, 0.2) is 24.3 Å². The van der Waals surface area contributed by atoms with Gasteiger partial charge in [-0.3, -0.25) is 4.79 Å². The Hall–Kier alpha value is -2.08. The molecule has 2 atom stereocenters. The van der Waals surface area contributed by atoms with E-state index in [1.54, 1.807) is 18.2 Å². The van der Waals surface area contributed by atoms with Gasteiger partial charge in [-0.2, -0.15) is 0 Å². The number of aliphatic carboxylic acids is 1. The van der Waals surface area contributed by atoms with E-state index in [1.165, 1.54) is 6.07 Å². The summed E-state index contributed by atoms with van der Waals surface area (Å²) >= 11 is 0. The molecule has 1 amide bonds. The quantitative estimate of drug-likeness (QED) is 0.697. The minimum atomic E-state index is -1.13. The fraction of sp³-hybridized carbons (Fsp3) is 0.333. The van der Waals surface area contributed by atoms with Crippen molar-refractivity contribution in [1.29, 1.82) is 0 Å². The second kappa shape index (κ2) is 5.05. The average Bonchev–Trinajstić information content (AvgIpc) is 2.31. The van der Waals surface area contributed by atoms with Crippen molar-refractivity contribution in [3.8, 4) is 5.75 Å². The van der Waals surface area contributed by atoms with Crippen molar-refractivity contribution in [2.75, 3.05) is 6.61 Å². The highest BCUT2D eigenvalue weighted by atomic mass is 16.5. The molecule has 0 bridgehead atoms. The summed E-state index contributed by atoms with van der Waals surface area (Å²) in [5.74, 6) is -1.46. The van der Waals surface area contributed by atoms with Crippen molar-refractivity contribution >= 4 is 11.9 Å². The Morgan fingerprint density at radius 1 is 1.50 bits per heavy atom. The van der Waals surface area contributed by atoms with Crippen LogP contribution in [0.4, 0.5) is 0 Å². The third-order valence-electron chi connectivity index (χ3n) is 2.73. The standard InChI is InChI=1S/C12H13NO5/c14-8-3-1-2-7(4-8)5-9-11(12(16)17)13-10(15)6-18-9/h1-4,9,11,14H,5-6H2,(H,13,15)(H,16,17). The molecule has 6 heteroatoms. The Morgan fingerprint density at radius 2 is 2.28 bits per heavy atom. The fourth-order valence-electron chi connectivity index (χ4n) is 1.90. The van der Waals surface area contributed by atoms with Gasteiger partial charge in [-0.1, -0.05) is 12.1 Å². The Balaban J connectivity index is 2.11.